The van der Waals surface area contributed by atoms with Gasteiger partial charge in [-0.05, 0) is 48.6 Å². The Morgan fingerprint density at radius 1 is 1.00 bits per heavy atom. The second-order valence-electron chi connectivity index (χ2n) is 7.80. The second kappa shape index (κ2) is 10.3. The van der Waals surface area contributed by atoms with E-state index < -0.39 is 24.0 Å². The van der Waals surface area contributed by atoms with Gasteiger partial charge in [-0.2, -0.15) is 0 Å². The maximum absolute atomic E-state index is 12.4. The van der Waals surface area contributed by atoms with Gasteiger partial charge in [-0.3, -0.25) is 14.8 Å². The number of hydrogen-bond acceptors (Lipinski definition) is 5. The predicted molar refractivity (Wildman–Crippen MR) is 114 cm³/mol. The highest BCUT2D eigenvalue weighted by Crippen LogP contribution is 2.22. The van der Waals surface area contributed by atoms with Crippen LogP contribution in [0.5, 0.6) is 0 Å². The minimum absolute atomic E-state index is 0.354. The fraction of sp³-hybridized carbons (Fsp3) is 0.391. The number of hydrogen-bond donors (Lipinski definition) is 5. The van der Waals surface area contributed by atoms with Gasteiger partial charge in [0.1, 0.15) is 6.04 Å². The summed E-state index contributed by atoms with van der Waals surface area (Å²) in [7, 11) is 0. The molecule has 7 nitrogen and oxygen atoms in total. The van der Waals surface area contributed by atoms with Crippen LogP contribution in [0.4, 0.5) is 0 Å². The molecule has 160 valence electrons. The average Bonchev–Trinajstić information content (AvgIpc) is 3.29. The van der Waals surface area contributed by atoms with Crippen LogP contribution in [-0.2, 0) is 11.3 Å². The minimum Gasteiger partial charge on any atom is -0.391 e. The molecule has 0 aliphatic heterocycles. The van der Waals surface area contributed by atoms with E-state index in [1.54, 1.807) is 12.1 Å². The van der Waals surface area contributed by atoms with Crippen molar-refractivity contribution in [2.75, 3.05) is 0 Å². The minimum atomic E-state index is -1.24. The number of carbonyl (C=O) groups excluding carboxylic acids is 2. The summed E-state index contributed by atoms with van der Waals surface area (Å²) in [5, 5.41) is 24.4. The van der Waals surface area contributed by atoms with Gasteiger partial charge in [0.25, 0.3) is 11.8 Å². The molecule has 3 rings (SSSR count). The number of aliphatic hydroxyl groups excluding tert-OH is 1. The van der Waals surface area contributed by atoms with Crippen LogP contribution in [0.1, 0.15) is 48.5 Å². The maximum atomic E-state index is 12.4. The molecule has 5 N–H and O–H groups in total. The Kier molecular flexibility index (Phi) is 7.57. The first-order chi connectivity index (χ1) is 14.5. The lowest BCUT2D eigenvalue weighted by Crippen LogP contribution is -2.51. The molecule has 0 saturated heterocycles. The molecule has 2 aromatic carbocycles. The molecule has 0 bridgehead atoms. The molecule has 1 saturated carbocycles. The molecule has 0 aromatic heterocycles. The molecule has 0 radical (unpaired) electrons. The molecule has 0 spiro atoms. The van der Waals surface area contributed by atoms with Gasteiger partial charge in [0.05, 0.1) is 6.10 Å². The molecule has 30 heavy (non-hydrogen) atoms. The third kappa shape index (κ3) is 5.66. The quantitative estimate of drug-likeness (QED) is 0.338. The summed E-state index contributed by atoms with van der Waals surface area (Å²) < 4.78 is 0. The van der Waals surface area contributed by atoms with Crippen molar-refractivity contribution in [1.82, 2.24) is 16.1 Å². The van der Waals surface area contributed by atoms with Crippen molar-refractivity contribution < 1.29 is 19.9 Å². The van der Waals surface area contributed by atoms with Gasteiger partial charge in [0.15, 0.2) is 0 Å². The number of hydroxylamine groups is 1. The van der Waals surface area contributed by atoms with Crippen molar-refractivity contribution in [1.29, 1.82) is 0 Å². The van der Waals surface area contributed by atoms with E-state index in [2.05, 4.69) is 34.9 Å². The maximum Gasteiger partial charge on any atom is 0.268 e. The van der Waals surface area contributed by atoms with Crippen LogP contribution < -0.4 is 16.1 Å². The number of benzene rings is 2. The SMILES string of the molecule is C[C@@H](O)[C@H](NC(=O)c1ccc(-c2ccc(CNC3CCCC3)cc2)cc1)C(=O)NO. The van der Waals surface area contributed by atoms with Crippen molar-refractivity contribution in [3.8, 4) is 11.1 Å². The molecule has 1 fully saturated rings. The van der Waals surface area contributed by atoms with Crippen LogP contribution in [0.2, 0.25) is 0 Å². The van der Waals surface area contributed by atoms with Crippen LogP contribution in [0.15, 0.2) is 48.5 Å². The summed E-state index contributed by atoms with van der Waals surface area (Å²) in [6.07, 6.45) is 4.01. The third-order valence-corrected chi connectivity index (χ3v) is 5.55. The van der Waals surface area contributed by atoms with Crippen LogP contribution in [-0.4, -0.2) is 40.3 Å². The zero-order valence-corrected chi connectivity index (χ0v) is 17.1. The zero-order valence-electron chi connectivity index (χ0n) is 17.1. The molecule has 0 heterocycles. The Morgan fingerprint density at radius 2 is 1.57 bits per heavy atom. The largest absolute Gasteiger partial charge is 0.391 e. The van der Waals surface area contributed by atoms with E-state index in [1.165, 1.54) is 43.7 Å². The Labute approximate surface area is 176 Å². The van der Waals surface area contributed by atoms with Crippen LogP contribution >= 0.6 is 0 Å². The predicted octanol–water partition coefficient (Wildman–Crippen LogP) is 2.37. The Hall–Kier alpha value is -2.74. The lowest BCUT2D eigenvalue weighted by molar-refractivity contribution is -0.133. The molecule has 1 aliphatic rings. The lowest BCUT2D eigenvalue weighted by atomic mass is 10.0. The highest BCUT2D eigenvalue weighted by molar-refractivity contribution is 5.97. The van der Waals surface area contributed by atoms with Crippen molar-refractivity contribution in [2.24, 2.45) is 0 Å². The smallest absolute Gasteiger partial charge is 0.268 e. The second-order valence-corrected chi connectivity index (χ2v) is 7.80. The third-order valence-electron chi connectivity index (χ3n) is 5.55. The summed E-state index contributed by atoms with van der Waals surface area (Å²) in [4.78, 5) is 23.9. The lowest BCUT2D eigenvalue weighted by Gasteiger charge is -2.19. The van der Waals surface area contributed by atoms with Gasteiger partial charge < -0.3 is 15.7 Å². The summed E-state index contributed by atoms with van der Waals surface area (Å²) in [6, 6.07) is 14.7. The van der Waals surface area contributed by atoms with Gasteiger partial charge >= 0.3 is 0 Å². The van der Waals surface area contributed by atoms with Crippen LogP contribution in [0, 0.1) is 0 Å². The normalized spacial score (nSPS) is 16.1. The average molecular weight is 412 g/mol. The molecule has 2 amide bonds. The Morgan fingerprint density at radius 3 is 2.10 bits per heavy atom. The van der Waals surface area contributed by atoms with E-state index in [-0.39, 0.29) is 0 Å². The molecule has 1 aliphatic carbocycles. The van der Waals surface area contributed by atoms with Crippen LogP contribution in [0.25, 0.3) is 11.1 Å². The monoisotopic (exact) mass is 411 g/mol. The highest BCUT2D eigenvalue weighted by atomic mass is 16.5. The summed E-state index contributed by atoms with van der Waals surface area (Å²) in [5.41, 5.74) is 5.07. The van der Waals surface area contributed by atoms with E-state index >= 15 is 0 Å². The van der Waals surface area contributed by atoms with Crippen molar-refractivity contribution in [3.63, 3.8) is 0 Å². The highest BCUT2D eigenvalue weighted by Gasteiger charge is 2.25. The molecule has 2 aromatic rings. The number of carbonyl (C=O) groups is 2. The zero-order chi connectivity index (χ0) is 21.5. The van der Waals surface area contributed by atoms with Gasteiger partial charge in [-0.1, -0.05) is 49.2 Å². The topological polar surface area (TPSA) is 111 Å². The van der Waals surface area contributed by atoms with E-state index in [0.29, 0.717) is 11.6 Å². The number of aliphatic hydroxyl groups is 1. The van der Waals surface area contributed by atoms with Crippen molar-refractivity contribution in [2.45, 2.75) is 57.3 Å². The molecular weight excluding hydrogens is 382 g/mol. The van der Waals surface area contributed by atoms with E-state index in [4.69, 9.17) is 5.21 Å². The first-order valence-electron chi connectivity index (χ1n) is 10.3. The van der Waals surface area contributed by atoms with Gasteiger partial charge in [0.2, 0.25) is 0 Å². The van der Waals surface area contributed by atoms with E-state index in [0.717, 1.165) is 17.7 Å². The summed E-state index contributed by atoms with van der Waals surface area (Å²) >= 11 is 0. The van der Waals surface area contributed by atoms with Crippen molar-refractivity contribution >= 4 is 11.8 Å². The summed E-state index contributed by atoms with van der Waals surface area (Å²) in [5.74, 6) is -1.39. The number of amides is 2. The first-order valence-corrected chi connectivity index (χ1v) is 10.3. The standard InChI is InChI=1S/C23H29N3O4/c1-15(27)21(23(29)26-30)25-22(28)19-12-10-18(11-13-19)17-8-6-16(7-9-17)14-24-20-4-2-3-5-20/h6-13,15,20-21,24,27,30H,2-5,14H2,1H3,(H,25,28)(H,26,29)/t15-,21+/m1/s1. The molecule has 2 atom stereocenters. The molecule has 0 unspecified atom stereocenters. The summed E-state index contributed by atoms with van der Waals surface area (Å²) in [6.45, 7) is 2.23. The van der Waals surface area contributed by atoms with E-state index in [9.17, 15) is 14.7 Å². The van der Waals surface area contributed by atoms with Crippen LogP contribution in [0.3, 0.4) is 0 Å². The first kappa shape index (κ1) is 22.0. The van der Waals surface area contributed by atoms with Gasteiger partial charge in [-0.15, -0.1) is 0 Å². The Balaban J connectivity index is 1.60. The van der Waals surface area contributed by atoms with Gasteiger partial charge in [0, 0.05) is 18.2 Å². The van der Waals surface area contributed by atoms with Gasteiger partial charge in [-0.25, -0.2) is 5.48 Å². The fourth-order valence-electron chi connectivity index (χ4n) is 3.72. The number of rotatable bonds is 8. The van der Waals surface area contributed by atoms with Crippen molar-refractivity contribution in [3.05, 3.63) is 59.7 Å². The molecular formula is C23H29N3O4. The molecule has 7 heteroatoms. The number of nitrogens with one attached hydrogen (secondary N) is 3. The Bertz CT molecular complexity index is 844. The van der Waals surface area contributed by atoms with E-state index in [1.807, 2.05) is 12.1 Å². The fourth-order valence-corrected chi connectivity index (χ4v) is 3.72.